The van der Waals surface area contributed by atoms with Crippen molar-refractivity contribution in [2.75, 3.05) is 13.2 Å². The van der Waals surface area contributed by atoms with Gasteiger partial charge in [0.15, 0.2) is 0 Å². The summed E-state index contributed by atoms with van der Waals surface area (Å²) in [5.74, 6) is 6.49. The summed E-state index contributed by atoms with van der Waals surface area (Å²) >= 11 is 0. The molecular formula is C32H24O2. The van der Waals surface area contributed by atoms with Crippen LogP contribution in [-0.4, -0.2) is 13.2 Å². The minimum Gasteiger partial charge on any atom is -0.481 e. The van der Waals surface area contributed by atoms with Gasteiger partial charge in [0.25, 0.3) is 0 Å². The fourth-order valence-corrected chi connectivity index (χ4v) is 3.81. The van der Waals surface area contributed by atoms with Crippen LogP contribution in [-0.2, 0) is 0 Å². The largest absolute Gasteiger partial charge is 0.481 e. The Kier molecular flexibility index (Phi) is 7.47. The topological polar surface area (TPSA) is 18.5 Å². The Hall–Kier alpha value is -4.66. The van der Waals surface area contributed by atoms with E-state index in [2.05, 4.69) is 84.6 Å². The molecule has 0 amide bonds. The van der Waals surface area contributed by atoms with Gasteiger partial charge in [0.1, 0.15) is 24.7 Å². The van der Waals surface area contributed by atoms with Crippen LogP contribution in [0.15, 0.2) is 109 Å². The molecule has 0 aliphatic rings. The number of ether oxygens (including phenoxy) is 2. The van der Waals surface area contributed by atoms with Gasteiger partial charge in [-0.3, -0.25) is 0 Å². The van der Waals surface area contributed by atoms with Gasteiger partial charge in [0.05, 0.1) is 0 Å². The average molecular weight is 441 g/mol. The number of hydrogen-bond acceptors (Lipinski definition) is 2. The maximum absolute atomic E-state index is 5.59. The second-order valence-corrected chi connectivity index (χ2v) is 7.52. The number of hydrogen-bond donors (Lipinski definition) is 0. The molecule has 0 aliphatic carbocycles. The summed E-state index contributed by atoms with van der Waals surface area (Å²) in [6.45, 7) is 0.480. The van der Waals surface area contributed by atoms with Crippen LogP contribution < -0.4 is 9.47 Å². The lowest BCUT2D eigenvalue weighted by atomic mass is 9.86. The van der Waals surface area contributed by atoms with E-state index in [0.29, 0.717) is 0 Å². The van der Waals surface area contributed by atoms with Crippen LogP contribution >= 0.6 is 0 Å². The van der Waals surface area contributed by atoms with Gasteiger partial charge in [-0.15, -0.1) is 12.8 Å². The highest BCUT2D eigenvalue weighted by atomic mass is 16.5. The van der Waals surface area contributed by atoms with E-state index in [4.69, 9.17) is 22.3 Å². The van der Waals surface area contributed by atoms with Gasteiger partial charge in [0, 0.05) is 0 Å². The zero-order valence-electron chi connectivity index (χ0n) is 18.8. The fraction of sp³-hybridized carbons (Fsp3) is 0.0625. The summed E-state index contributed by atoms with van der Waals surface area (Å²) in [5, 5.41) is 0. The standard InChI is InChI=1S/C32H24O2/c1-3-23-33-29-19-15-27(16-20-29)31(25-11-7-5-8-12-25)32(26-13-9-6-10-14-26)28-17-21-30(22-18-28)34-24-4-2/h1-2,5-22H,23-24H2/b32-31+. The molecule has 0 N–H and O–H groups in total. The van der Waals surface area contributed by atoms with Gasteiger partial charge < -0.3 is 9.47 Å². The Bertz CT molecular complexity index is 1210. The third-order valence-electron chi connectivity index (χ3n) is 5.31. The molecule has 0 aromatic heterocycles. The first-order chi connectivity index (χ1) is 16.8. The molecular weight excluding hydrogens is 416 g/mol. The lowest BCUT2D eigenvalue weighted by molar-refractivity contribution is 0.370. The van der Waals surface area contributed by atoms with Gasteiger partial charge in [0.2, 0.25) is 0 Å². The van der Waals surface area contributed by atoms with Crippen LogP contribution in [0.3, 0.4) is 0 Å². The average Bonchev–Trinajstić information content (AvgIpc) is 2.91. The summed E-state index contributed by atoms with van der Waals surface area (Å²) in [7, 11) is 0. The van der Waals surface area contributed by atoms with E-state index in [1.165, 1.54) is 0 Å². The zero-order chi connectivity index (χ0) is 23.6. The van der Waals surface area contributed by atoms with Crippen molar-refractivity contribution in [1.82, 2.24) is 0 Å². The predicted octanol–water partition coefficient (Wildman–Crippen LogP) is 6.72. The van der Waals surface area contributed by atoms with E-state index in [0.717, 1.165) is 44.9 Å². The molecule has 0 saturated carbocycles. The third-order valence-corrected chi connectivity index (χ3v) is 5.31. The minimum absolute atomic E-state index is 0.240. The van der Waals surface area contributed by atoms with Crippen molar-refractivity contribution in [3.05, 3.63) is 131 Å². The highest BCUT2D eigenvalue weighted by Crippen LogP contribution is 2.37. The van der Waals surface area contributed by atoms with Crippen LogP contribution in [0, 0.1) is 24.7 Å². The van der Waals surface area contributed by atoms with Gasteiger partial charge in [-0.1, -0.05) is 96.8 Å². The molecule has 0 bridgehead atoms. The van der Waals surface area contributed by atoms with Crippen molar-refractivity contribution in [1.29, 1.82) is 0 Å². The Morgan fingerprint density at radius 1 is 0.471 bits per heavy atom. The maximum Gasteiger partial charge on any atom is 0.148 e. The molecule has 0 saturated heterocycles. The van der Waals surface area contributed by atoms with Crippen LogP contribution in [0.25, 0.3) is 11.1 Å². The first-order valence-electron chi connectivity index (χ1n) is 11.0. The maximum atomic E-state index is 5.59. The summed E-state index contributed by atoms with van der Waals surface area (Å²) in [4.78, 5) is 0. The van der Waals surface area contributed by atoms with Crippen molar-refractivity contribution in [3.8, 4) is 36.2 Å². The highest BCUT2D eigenvalue weighted by Gasteiger charge is 2.16. The number of rotatable bonds is 8. The fourth-order valence-electron chi connectivity index (χ4n) is 3.81. The van der Waals surface area contributed by atoms with Crippen molar-refractivity contribution in [3.63, 3.8) is 0 Å². The van der Waals surface area contributed by atoms with Crippen molar-refractivity contribution in [2.45, 2.75) is 0 Å². The summed E-state index contributed by atoms with van der Waals surface area (Å²) in [6, 6.07) is 36.9. The molecule has 0 radical (unpaired) electrons. The van der Waals surface area contributed by atoms with E-state index < -0.39 is 0 Å². The molecule has 4 rings (SSSR count). The molecule has 164 valence electrons. The van der Waals surface area contributed by atoms with E-state index in [1.807, 2.05) is 36.4 Å². The molecule has 2 nitrogen and oxygen atoms in total. The van der Waals surface area contributed by atoms with Crippen molar-refractivity contribution < 1.29 is 9.47 Å². The predicted molar refractivity (Wildman–Crippen MR) is 139 cm³/mol. The molecule has 0 unspecified atom stereocenters. The molecule has 34 heavy (non-hydrogen) atoms. The van der Waals surface area contributed by atoms with Crippen LogP contribution in [0.4, 0.5) is 0 Å². The zero-order valence-corrected chi connectivity index (χ0v) is 18.8. The molecule has 4 aromatic carbocycles. The van der Waals surface area contributed by atoms with E-state index in [9.17, 15) is 0 Å². The SMILES string of the molecule is C#CCOc1ccc(/C(=C(\c2ccccc2)c2ccc(OCC#C)cc2)c2ccccc2)cc1. The normalized spacial score (nSPS) is 11.0. The van der Waals surface area contributed by atoms with Gasteiger partial charge in [-0.2, -0.15) is 0 Å². The minimum atomic E-state index is 0.240. The third kappa shape index (κ3) is 5.39. The quantitative estimate of drug-likeness (QED) is 0.224. The number of benzene rings is 4. The van der Waals surface area contributed by atoms with Crippen molar-refractivity contribution >= 4 is 11.1 Å². The number of terminal acetylenes is 2. The lowest BCUT2D eigenvalue weighted by Crippen LogP contribution is -1.99. The first-order valence-corrected chi connectivity index (χ1v) is 11.0. The first kappa shape index (κ1) is 22.5. The molecule has 4 aromatic rings. The molecule has 2 heteroatoms. The van der Waals surface area contributed by atoms with E-state index >= 15 is 0 Å². The Morgan fingerprint density at radius 2 is 0.794 bits per heavy atom. The monoisotopic (exact) mass is 440 g/mol. The molecule has 0 heterocycles. The Labute approximate surface area is 201 Å². The Morgan fingerprint density at radius 3 is 1.12 bits per heavy atom. The van der Waals surface area contributed by atoms with Crippen LogP contribution in [0.1, 0.15) is 22.3 Å². The van der Waals surface area contributed by atoms with Gasteiger partial charge in [-0.05, 0) is 57.7 Å². The second kappa shape index (κ2) is 11.3. The lowest BCUT2D eigenvalue weighted by Gasteiger charge is -2.18. The molecule has 0 atom stereocenters. The smallest absolute Gasteiger partial charge is 0.148 e. The van der Waals surface area contributed by atoms with Gasteiger partial charge >= 0.3 is 0 Å². The van der Waals surface area contributed by atoms with Crippen LogP contribution in [0.2, 0.25) is 0 Å². The highest BCUT2D eigenvalue weighted by molar-refractivity contribution is 6.04. The second-order valence-electron chi connectivity index (χ2n) is 7.52. The Balaban J connectivity index is 1.92. The summed E-state index contributed by atoms with van der Waals surface area (Å²) in [5.41, 5.74) is 6.62. The van der Waals surface area contributed by atoms with Crippen molar-refractivity contribution in [2.24, 2.45) is 0 Å². The molecule has 0 aliphatic heterocycles. The molecule has 0 spiro atoms. The summed E-state index contributed by atoms with van der Waals surface area (Å²) in [6.07, 6.45) is 10.7. The van der Waals surface area contributed by atoms with Gasteiger partial charge in [-0.25, -0.2) is 0 Å². The van der Waals surface area contributed by atoms with E-state index in [-0.39, 0.29) is 13.2 Å². The van der Waals surface area contributed by atoms with E-state index in [1.54, 1.807) is 0 Å². The summed E-state index contributed by atoms with van der Waals surface area (Å²) < 4.78 is 11.2. The van der Waals surface area contributed by atoms with Crippen LogP contribution in [0.5, 0.6) is 11.5 Å². The molecule has 0 fully saturated rings.